The third-order valence-electron chi connectivity index (χ3n) is 3.88. The number of imidazole rings is 1. The molecular formula is C14H18I2N8O4V. The summed E-state index contributed by atoms with van der Waals surface area (Å²) >= 11 is 4.74. The van der Waals surface area contributed by atoms with Crippen molar-refractivity contribution >= 4 is 74.8 Å². The average Bonchev–Trinajstić information content (AvgIpc) is 3.22. The van der Waals surface area contributed by atoms with Crippen molar-refractivity contribution in [2.45, 2.75) is 19.4 Å². The zero-order chi connectivity index (χ0) is 21.4. The van der Waals surface area contributed by atoms with Crippen LogP contribution in [-0.4, -0.2) is 61.9 Å². The number of fused-ring (bicyclic) bond motifs is 1. The topological polar surface area (TPSA) is 168 Å². The summed E-state index contributed by atoms with van der Waals surface area (Å²) < 4.78 is 1.38. The van der Waals surface area contributed by atoms with Gasteiger partial charge in [-0.15, -0.1) is 0 Å². The summed E-state index contributed by atoms with van der Waals surface area (Å²) in [5.74, 6) is -0.886. The Balaban J connectivity index is 0.000000941. The molecule has 0 saturated carbocycles. The van der Waals surface area contributed by atoms with Crippen LogP contribution in [0, 0.1) is 0 Å². The predicted molar refractivity (Wildman–Crippen MR) is 118 cm³/mol. The van der Waals surface area contributed by atoms with Crippen LogP contribution in [0.2, 0.25) is 0 Å². The molecule has 3 rings (SSSR count). The fraction of sp³-hybridized carbons (Fsp3) is 0.429. The fourth-order valence-corrected chi connectivity index (χ4v) is 2.64. The molecule has 1 saturated heterocycles. The molecule has 0 aromatic carbocycles. The molecule has 29 heavy (non-hydrogen) atoms. The SMILES string of the molecule is Nc1nc2c(ncn2CC(=O)NCNC(=O)CN2CCCC2=O)c(=O)[nH]1.[I][V][I]. The number of amides is 3. The third kappa shape index (κ3) is 7.11. The summed E-state index contributed by atoms with van der Waals surface area (Å²) in [5, 5.41) is 5.03. The van der Waals surface area contributed by atoms with E-state index < -0.39 is 11.5 Å². The van der Waals surface area contributed by atoms with E-state index in [-0.39, 0.29) is 48.7 Å². The molecule has 3 amide bonds. The van der Waals surface area contributed by atoms with E-state index in [0.717, 1.165) is 6.42 Å². The molecule has 5 N–H and O–H groups in total. The third-order valence-corrected chi connectivity index (χ3v) is 3.88. The molecule has 2 aromatic heterocycles. The Labute approximate surface area is 194 Å². The van der Waals surface area contributed by atoms with Crippen molar-refractivity contribution in [3.8, 4) is 0 Å². The minimum absolute atomic E-state index is 0.0210. The minimum atomic E-state index is -0.490. The van der Waals surface area contributed by atoms with Gasteiger partial charge in [-0.3, -0.25) is 24.2 Å². The van der Waals surface area contributed by atoms with E-state index in [1.165, 1.54) is 15.8 Å². The van der Waals surface area contributed by atoms with Gasteiger partial charge in [-0.05, 0) is 6.42 Å². The van der Waals surface area contributed by atoms with Crippen LogP contribution in [0.5, 0.6) is 0 Å². The number of hydrogen-bond donors (Lipinski definition) is 4. The van der Waals surface area contributed by atoms with Crippen molar-refractivity contribution < 1.29 is 23.8 Å². The number of carbonyl (C=O) groups is 3. The van der Waals surface area contributed by atoms with Crippen LogP contribution in [0.1, 0.15) is 12.8 Å². The first kappa shape index (κ1) is 23.9. The monoisotopic (exact) mass is 667 g/mol. The van der Waals surface area contributed by atoms with Gasteiger partial charge in [0.1, 0.15) is 6.54 Å². The van der Waals surface area contributed by atoms with Gasteiger partial charge in [-0.2, -0.15) is 4.98 Å². The number of carbonyl (C=O) groups excluding carboxylic acids is 3. The molecule has 0 radical (unpaired) electrons. The van der Waals surface area contributed by atoms with Crippen molar-refractivity contribution in [2.24, 2.45) is 0 Å². The standard InChI is InChI=1S/C14H18N8O4.2HI.V/c15-14-19-12-11(13(26)20-14)18-7-22(12)5-9(24)17-6-16-8(23)4-21-3-1-2-10(21)25;;;/h7H,1-6H2,(H,16,23)(H,17,24)(H3,15,19,20,26);2*1H;/q;;;+2/p-2. The Kier molecular flexibility index (Phi) is 9.64. The summed E-state index contributed by atoms with van der Waals surface area (Å²) in [5.41, 5.74) is 5.27. The van der Waals surface area contributed by atoms with Gasteiger partial charge in [-0.1, -0.05) is 0 Å². The van der Waals surface area contributed by atoms with Gasteiger partial charge in [0.2, 0.25) is 23.7 Å². The Morgan fingerprint density at radius 3 is 2.52 bits per heavy atom. The van der Waals surface area contributed by atoms with Gasteiger partial charge in [0.15, 0.2) is 11.2 Å². The van der Waals surface area contributed by atoms with Crippen LogP contribution in [0.3, 0.4) is 0 Å². The molecule has 0 spiro atoms. The Morgan fingerprint density at radius 1 is 1.24 bits per heavy atom. The number of H-pyrrole nitrogens is 1. The molecule has 0 bridgehead atoms. The molecule has 0 unspecified atom stereocenters. The van der Waals surface area contributed by atoms with Gasteiger partial charge in [0.25, 0.3) is 5.56 Å². The first-order valence-corrected chi connectivity index (χ1v) is 17.3. The maximum atomic E-state index is 12.0. The molecular weight excluding hydrogens is 649 g/mol. The van der Waals surface area contributed by atoms with Crippen molar-refractivity contribution in [3.05, 3.63) is 16.7 Å². The van der Waals surface area contributed by atoms with Crippen molar-refractivity contribution in [1.29, 1.82) is 0 Å². The van der Waals surface area contributed by atoms with Crippen LogP contribution >= 0.6 is 40.0 Å². The molecule has 12 nitrogen and oxygen atoms in total. The van der Waals surface area contributed by atoms with Crippen LogP contribution in [0.15, 0.2) is 11.1 Å². The van der Waals surface area contributed by atoms with Gasteiger partial charge >= 0.3 is 49.4 Å². The number of nitrogens with one attached hydrogen (secondary N) is 3. The van der Waals surface area contributed by atoms with E-state index >= 15 is 0 Å². The Morgan fingerprint density at radius 2 is 1.90 bits per heavy atom. The van der Waals surface area contributed by atoms with E-state index in [1.807, 2.05) is 0 Å². The van der Waals surface area contributed by atoms with Crippen molar-refractivity contribution in [1.82, 2.24) is 35.1 Å². The predicted octanol–water partition coefficient (Wildman–Crippen LogP) is -0.717. The number of rotatable bonds is 6. The molecule has 1 aliphatic heterocycles. The molecule has 1 fully saturated rings. The van der Waals surface area contributed by atoms with E-state index in [2.05, 4.69) is 65.5 Å². The average molecular weight is 667 g/mol. The molecule has 2 aromatic rings. The number of anilines is 1. The summed E-state index contributed by atoms with van der Waals surface area (Å²) in [6, 6.07) is 0. The van der Waals surface area contributed by atoms with Crippen LogP contribution in [-0.2, 0) is 30.4 Å². The summed E-state index contributed by atoms with van der Waals surface area (Å²) in [7, 11) is 0.628. The second-order valence-electron chi connectivity index (χ2n) is 5.86. The first-order valence-electron chi connectivity index (χ1n) is 8.29. The van der Waals surface area contributed by atoms with E-state index in [1.54, 1.807) is 0 Å². The number of nitrogens with two attached hydrogens (primary N) is 1. The Hall–Kier alpha value is -1.40. The number of hydrogen-bond acceptors (Lipinski definition) is 7. The summed E-state index contributed by atoms with van der Waals surface area (Å²) in [6.07, 6.45) is 2.52. The number of nitrogens with zero attached hydrogens (tertiary/aromatic N) is 4. The zero-order valence-corrected chi connectivity index (χ0v) is 20.7. The van der Waals surface area contributed by atoms with Crippen molar-refractivity contribution in [2.75, 3.05) is 25.5 Å². The number of aromatic nitrogens is 4. The van der Waals surface area contributed by atoms with E-state index in [0.29, 0.717) is 22.4 Å². The fourth-order valence-electron chi connectivity index (χ4n) is 2.64. The first-order chi connectivity index (χ1) is 13.8. The molecule has 15 heteroatoms. The number of aromatic amines is 1. The number of likely N-dealkylation sites (tertiary alicyclic amines) is 1. The van der Waals surface area contributed by atoms with Crippen LogP contribution in [0.25, 0.3) is 11.2 Å². The van der Waals surface area contributed by atoms with Gasteiger partial charge in [0.05, 0.1) is 19.5 Å². The molecule has 157 valence electrons. The van der Waals surface area contributed by atoms with Gasteiger partial charge < -0.3 is 25.8 Å². The Bertz CT molecular complexity index is 949. The zero-order valence-electron chi connectivity index (χ0n) is 15.0. The summed E-state index contributed by atoms with van der Waals surface area (Å²) in [6.45, 7) is 0.323. The van der Waals surface area contributed by atoms with Gasteiger partial charge in [-0.25, -0.2) is 4.98 Å². The van der Waals surface area contributed by atoms with E-state index in [4.69, 9.17) is 5.73 Å². The van der Waals surface area contributed by atoms with Crippen LogP contribution < -0.4 is 21.9 Å². The van der Waals surface area contributed by atoms with Crippen molar-refractivity contribution in [3.63, 3.8) is 0 Å². The molecule has 0 aliphatic carbocycles. The molecule has 1 aliphatic rings. The maximum absolute atomic E-state index is 12.0. The quantitative estimate of drug-likeness (QED) is 0.233. The normalized spacial score (nSPS) is 13.0. The van der Waals surface area contributed by atoms with Gasteiger partial charge in [0, 0.05) is 13.0 Å². The van der Waals surface area contributed by atoms with E-state index in [9.17, 15) is 19.2 Å². The number of halogens is 2. The summed E-state index contributed by atoms with van der Waals surface area (Å²) in [4.78, 5) is 58.5. The number of nitrogen functional groups attached to an aromatic ring is 1. The van der Waals surface area contributed by atoms with Crippen LogP contribution in [0.4, 0.5) is 5.95 Å². The molecule has 0 atom stereocenters. The second kappa shape index (κ2) is 11.7. The second-order valence-corrected chi connectivity index (χ2v) is 17.6. The molecule has 3 heterocycles.